The van der Waals surface area contributed by atoms with E-state index in [2.05, 4.69) is 30.2 Å². The maximum absolute atomic E-state index is 15.3. The average Bonchev–Trinajstić information content (AvgIpc) is 3.40. The molecule has 2 N–H and O–H groups in total. The number of anilines is 4. The number of hydrogen-bond donors (Lipinski definition) is 2. The van der Waals surface area contributed by atoms with E-state index in [-0.39, 0.29) is 28.5 Å². The molecule has 13 heteroatoms. The number of imidazole rings is 1. The van der Waals surface area contributed by atoms with E-state index >= 15 is 4.39 Å². The molecule has 192 valence electrons. The number of pyridine rings is 1. The van der Waals surface area contributed by atoms with Crippen LogP contribution < -0.4 is 15.0 Å². The minimum Gasteiger partial charge on any atom is -0.497 e. The molecule has 5 rings (SSSR count). The van der Waals surface area contributed by atoms with Crippen LogP contribution in [0.2, 0.25) is 0 Å². The summed E-state index contributed by atoms with van der Waals surface area (Å²) in [6, 6.07) is 11.4. The first kappa shape index (κ1) is 24.6. The lowest BCUT2D eigenvalue weighted by molar-refractivity contribution is -0.137. The van der Waals surface area contributed by atoms with Gasteiger partial charge in [0.25, 0.3) is 5.91 Å². The largest absolute Gasteiger partial charge is 0.497 e. The number of carbonyl (C=O) groups excluding carboxylic acids is 1. The van der Waals surface area contributed by atoms with Gasteiger partial charge in [-0.1, -0.05) is 6.07 Å². The van der Waals surface area contributed by atoms with Crippen LogP contribution in [-0.2, 0) is 6.18 Å². The zero-order valence-corrected chi connectivity index (χ0v) is 19.5. The summed E-state index contributed by atoms with van der Waals surface area (Å²) in [5, 5.41) is 2.52. The van der Waals surface area contributed by atoms with Gasteiger partial charge in [0.1, 0.15) is 29.2 Å². The molecule has 0 saturated carbocycles. The summed E-state index contributed by atoms with van der Waals surface area (Å²) in [6.45, 7) is 0. The summed E-state index contributed by atoms with van der Waals surface area (Å²) in [7, 11) is 1.19. The van der Waals surface area contributed by atoms with Crippen LogP contribution in [0.25, 0.3) is 11.2 Å². The lowest BCUT2D eigenvalue weighted by Gasteiger charge is -2.24. The van der Waals surface area contributed by atoms with E-state index in [4.69, 9.17) is 4.74 Å². The van der Waals surface area contributed by atoms with Crippen LogP contribution in [0.4, 0.5) is 40.6 Å². The van der Waals surface area contributed by atoms with Crippen molar-refractivity contribution in [3.63, 3.8) is 0 Å². The van der Waals surface area contributed by atoms with Crippen molar-refractivity contribution in [3.8, 4) is 5.75 Å². The summed E-state index contributed by atoms with van der Waals surface area (Å²) < 4.78 is 60.1. The van der Waals surface area contributed by atoms with Crippen molar-refractivity contribution in [2.75, 3.05) is 17.3 Å². The molecule has 0 saturated heterocycles. The summed E-state index contributed by atoms with van der Waals surface area (Å²) in [6.07, 6.45) is -0.502. The molecular weight excluding hydrogens is 506 g/mol. The fourth-order valence-electron chi connectivity index (χ4n) is 3.73. The number of ether oxygens (including phenoxy) is 1. The SMILES string of the molecule is COc1cc(C(=O)Nc2ccc(F)c(N(c3ccccn3)c3ncnc4nc[nH]c34)c2)cc(C(F)(F)F)c1. The molecule has 0 spiro atoms. The number of hydrogen-bond acceptors (Lipinski definition) is 7. The number of alkyl halides is 3. The highest BCUT2D eigenvalue weighted by molar-refractivity contribution is 6.05. The number of amides is 1. The number of rotatable bonds is 6. The van der Waals surface area contributed by atoms with Crippen LogP contribution in [0.15, 0.2) is 73.4 Å². The van der Waals surface area contributed by atoms with Gasteiger partial charge in [-0.05, 0) is 48.5 Å². The number of benzene rings is 2. The molecule has 0 aliphatic heterocycles. The third-order valence-corrected chi connectivity index (χ3v) is 5.47. The van der Waals surface area contributed by atoms with Crippen molar-refractivity contribution in [1.82, 2.24) is 24.9 Å². The Labute approximate surface area is 212 Å². The number of aromatic amines is 1. The van der Waals surface area contributed by atoms with E-state index in [1.165, 1.54) is 49.1 Å². The van der Waals surface area contributed by atoms with E-state index in [1.54, 1.807) is 18.2 Å². The van der Waals surface area contributed by atoms with Crippen LogP contribution in [0.1, 0.15) is 15.9 Å². The Morgan fingerprint density at radius 1 is 1.03 bits per heavy atom. The van der Waals surface area contributed by atoms with Gasteiger partial charge >= 0.3 is 6.18 Å². The van der Waals surface area contributed by atoms with Crippen LogP contribution in [0, 0.1) is 5.82 Å². The molecule has 3 aromatic heterocycles. The summed E-state index contributed by atoms with van der Waals surface area (Å²) in [4.78, 5) is 34.0. The molecule has 3 heterocycles. The van der Waals surface area contributed by atoms with Gasteiger partial charge in [0.2, 0.25) is 0 Å². The highest BCUT2D eigenvalue weighted by atomic mass is 19.4. The van der Waals surface area contributed by atoms with Gasteiger partial charge in [-0.25, -0.2) is 24.3 Å². The van der Waals surface area contributed by atoms with Gasteiger partial charge in [-0.15, -0.1) is 0 Å². The molecule has 9 nitrogen and oxygen atoms in total. The molecule has 0 radical (unpaired) electrons. The predicted molar refractivity (Wildman–Crippen MR) is 130 cm³/mol. The minimum atomic E-state index is -4.69. The van der Waals surface area contributed by atoms with Crippen molar-refractivity contribution in [2.24, 2.45) is 0 Å². The number of aromatic nitrogens is 5. The first-order valence-corrected chi connectivity index (χ1v) is 11.0. The second-order valence-corrected chi connectivity index (χ2v) is 7.89. The highest BCUT2D eigenvalue weighted by Crippen LogP contribution is 2.38. The van der Waals surface area contributed by atoms with Crippen LogP contribution in [-0.4, -0.2) is 37.9 Å². The quantitative estimate of drug-likeness (QED) is 0.278. The number of H-pyrrole nitrogens is 1. The zero-order valence-electron chi connectivity index (χ0n) is 19.5. The smallest absolute Gasteiger partial charge is 0.416 e. The molecule has 2 aromatic carbocycles. The second-order valence-electron chi connectivity index (χ2n) is 7.89. The molecule has 0 atom stereocenters. The summed E-state index contributed by atoms with van der Waals surface area (Å²) >= 11 is 0. The van der Waals surface area contributed by atoms with Crippen LogP contribution in [0.5, 0.6) is 5.75 Å². The predicted octanol–water partition coefficient (Wildman–Crippen LogP) is 5.64. The topological polar surface area (TPSA) is 109 Å². The molecule has 0 fully saturated rings. The fraction of sp³-hybridized carbons (Fsp3) is 0.0800. The van der Waals surface area contributed by atoms with Crippen molar-refractivity contribution in [2.45, 2.75) is 6.18 Å². The Balaban J connectivity index is 1.56. The van der Waals surface area contributed by atoms with Gasteiger partial charge in [-0.3, -0.25) is 9.69 Å². The normalized spacial score (nSPS) is 11.4. The molecule has 1 amide bonds. The highest BCUT2D eigenvalue weighted by Gasteiger charge is 2.32. The molecule has 0 unspecified atom stereocenters. The van der Waals surface area contributed by atoms with Gasteiger partial charge in [0, 0.05) is 17.4 Å². The van der Waals surface area contributed by atoms with Crippen molar-refractivity contribution in [3.05, 3.63) is 90.4 Å². The monoisotopic (exact) mass is 523 g/mol. The number of halogens is 4. The summed E-state index contributed by atoms with van der Waals surface area (Å²) in [5.74, 6) is -1.14. The van der Waals surface area contributed by atoms with Crippen molar-refractivity contribution in [1.29, 1.82) is 0 Å². The van der Waals surface area contributed by atoms with Crippen molar-refractivity contribution >= 4 is 40.1 Å². The number of carbonyl (C=O) groups is 1. The second kappa shape index (κ2) is 9.76. The standard InChI is InChI=1S/C25H17F4N7O2/c1-38-17-9-14(8-15(10-17)25(27,28)29)24(37)35-16-5-6-18(26)19(11-16)36(20-4-2-3-7-30-20)23-21-22(32-12-31-21)33-13-34-23/h2-13H,1H3,(H,35,37)(H,31,32,33,34). The van der Waals surface area contributed by atoms with E-state index in [9.17, 15) is 18.0 Å². The number of fused-ring (bicyclic) bond motifs is 1. The van der Waals surface area contributed by atoms with Gasteiger partial charge in [0.15, 0.2) is 11.5 Å². The molecule has 0 aliphatic carbocycles. The average molecular weight is 523 g/mol. The minimum absolute atomic E-state index is 0.0438. The third kappa shape index (κ3) is 4.81. The maximum atomic E-state index is 15.3. The maximum Gasteiger partial charge on any atom is 0.416 e. The molecule has 0 aliphatic rings. The Morgan fingerprint density at radius 3 is 2.61 bits per heavy atom. The molecule has 0 bridgehead atoms. The van der Waals surface area contributed by atoms with E-state index in [1.807, 2.05) is 0 Å². The van der Waals surface area contributed by atoms with Crippen LogP contribution in [0.3, 0.4) is 0 Å². The first-order valence-electron chi connectivity index (χ1n) is 11.0. The molecular formula is C25H17F4N7O2. The number of nitrogens with zero attached hydrogens (tertiary/aromatic N) is 5. The molecule has 38 heavy (non-hydrogen) atoms. The molecule has 5 aromatic rings. The Kier molecular flexibility index (Phi) is 6.33. The zero-order chi connectivity index (χ0) is 26.9. The lowest BCUT2D eigenvalue weighted by atomic mass is 10.1. The third-order valence-electron chi connectivity index (χ3n) is 5.47. The summed E-state index contributed by atoms with van der Waals surface area (Å²) in [5.41, 5.74) is -0.534. The Bertz CT molecular complexity index is 1620. The number of nitrogens with one attached hydrogen (secondary N) is 2. The van der Waals surface area contributed by atoms with E-state index < -0.39 is 23.5 Å². The van der Waals surface area contributed by atoms with Gasteiger partial charge < -0.3 is 15.0 Å². The van der Waals surface area contributed by atoms with Crippen LogP contribution >= 0.6 is 0 Å². The first-order chi connectivity index (χ1) is 18.2. The Hall–Kier alpha value is -5.07. The number of methoxy groups -OCH3 is 1. The van der Waals surface area contributed by atoms with Crippen molar-refractivity contribution < 1.29 is 27.1 Å². The van der Waals surface area contributed by atoms with E-state index in [0.29, 0.717) is 23.0 Å². The fourth-order valence-corrected chi connectivity index (χ4v) is 3.73. The van der Waals surface area contributed by atoms with Gasteiger partial charge in [-0.2, -0.15) is 13.2 Å². The van der Waals surface area contributed by atoms with Gasteiger partial charge in [0.05, 0.1) is 24.7 Å². The Morgan fingerprint density at radius 2 is 1.87 bits per heavy atom. The lowest BCUT2D eigenvalue weighted by Crippen LogP contribution is -2.17. The van der Waals surface area contributed by atoms with E-state index in [0.717, 1.165) is 12.1 Å².